The Labute approximate surface area is 195 Å². The van der Waals surface area contributed by atoms with Crippen molar-refractivity contribution in [3.8, 4) is 11.6 Å². The predicted molar refractivity (Wildman–Crippen MR) is 125 cm³/mol. The number of para-hydroxylation sites is 1. The molecule has 0 bridgehead atoms. The molecule has 1 aliphatic heterocycles. The average Bonchev–Trinajstić information content (AvgIpc) is 3.49. The van der Waals surface area contributed by atoms with Crippen molar-refractivity contribution in [1.82, 2.24) is 25.8 Å². The summed E-state index contributed by atoms with van der Waals surface area (Å²) in [5, 5.41) is 13.6. The number of guanidine groups is 1. The molecule has 1 atom stereocenters. The second-order valence-corrected chi connectivity index (χ2v) is 6.98. The fraction of sp³-hybridized carbons (Fsp3) is 0.350. The van der Waals surface area contributed by atoms with Gasteiger partial charge in [0.1, 0.15) is 23.1 Å². The van der Waals surface area contributed by atoms with Crippen LogP contribution in [0.15, 0.2) is 46.0 Å². The van der Waals surface area contributed by atoms with Gasteiger partial charge < -0.3 is 20.0 Å². The van der Waals surface area contributed by atoms with Crippen LogP contribution in [0.5, 0.6) is 0 Å². The Hall–Kier alpha value is -2.70. The molecule has 1 saturated heterocycles. The molecule has 4 rings (SSSR count). The van der Waals surface area contributed by atoms with Crippen molar-refractivity contribution in [2.45, 2.75) is 18.9 Å². The van der Waals surface area contributed by atoms with E-state index in [1.807, 2.05) is 0 Å². The number of furan rings is 1. The summed E-state index contributed by atoms with van der Waals surface area (Å²) in [4.78, 5) is 10.4. The standard InChI is InChI=1S/C20H23F2N7O.HI/c1-23-20(24-9-7-17-26-19(28-27-17)16-6-3-11-30-16)25-13-8-10-29(12-13)18-14(21)4-2-5-15(18)22;/h2-6,11,13H,7-10,12H2,1H3,(H2,23,24,25)(H,26,27,28);1H. The van der Waals surface area contributed by atoms with Crippen LogP contribution in [0.1, 0.15) is 12.2 Å². The van der Waals surface area contributed by atoms with E-state index in [9.17, 15) is 8.78 Å². The first-order chi connectivity index (χ1) is 14.6. The average molecular weight is 543 g/mol. The lowest BCUT2D eigenvalue weighted by atomic mass is 10.2. The quantitative estimate of drug-likeness (QED) is 0.252. The van der Waals surface area contributed by atoms with Gasteiger partial charge in [-0.15, -0.1) is 24.0 Å². The molecule has 0 saturated carbocycles. The van der Waals surface area contributed by atoms with Gasteiger partial charge in [0.05, 0.1) is 6.26 Å². The maximum absolute atomic E-state index is 14.0. The van der Waals surface area contributed by atoms with Gasteiger partial charge in [-0.25, -0.2) is 13.8 Å². The molecule has 0 aliphatic carbocycles. The van der Waals surface area contributed by atoms with Crippen LogP contribution in [0, 0.1) is 11.6 Å². The van der Waals surface area contributed by atoms with Gasteiger partial charge in [0.25, 0.3) is 0 Å². The Morgan fingerprint density at radius 1 is 1.29 bits per heavy atom. The van der Waals surface area contributed by atoms with Crippen LogP contribution in [0.4, 0.5) is 14.5 Å². The lowest BCUT2D eigenvalue weighted by molar-refractivity contribution is 0.575. The molecule has 3 N–H and O–H groups in total. The van der Waals surface area contributed by atoms with Gasteiger partial charge in [0, 0.05) is 39.1 Å². The SMILES string of the molecule is CN=C(NCCc1nc(-c2ccco2)n[nH]1)NC1CCN(c2c(F)cccc2F)C1.I. The number of aromatic nitrogens is 3. The van der Waals surface area contributed by atoms with Crippen molar-refractivity contribution in [3.63, 3.8) is 0 Å². The van der Waals surface area contributed by atoms with Crippen LogP contribution in [0.25, 0.3) is 11.6 Å². The van der Waals surface area contributed by atoms with E-state index in [0.29, 0.717) is 43.6 Å². The number of nitrogens with zero attached hydrogens (tertiary/aromatic N) is 4. The minimum absolute atomic E-state index is 0. The Kier molecular flexibility index (Phi) is 7.82. The summed E-state index contributed by atoms with van der Waals surface area (Å²) in [5.74, 6) is 1.40. The molecule has 1 aliphatic rings. The number of H-pyrrole nitrogens is 1. The molecule has 1 fully saturated rings. The molecule has 3 aromatic rings. The highest BCUT2D eigenvalue weighted by atomic mass is 127. The number of benzene rings is 1. The maximum atomic E-state index is 14.0. The number of rotatable bonds is 6. The smallest absolute Gasteiger partial charge is 0.216 e. The largest absolute Gasteiger partial charge is 0.461 e. The number of halogens is 3. The van der Waals surface area contributed by atoms with E-state index in [1.54, 1.807) is 30.3 Å². The second-order valence-electron chi connectivity index (χ2n) is 6.98. The molecule has 1 aromatic carbocycles. The summed E-state index contributed by atoms with van der Waals surface area (Å²) >= 11 is 0. The van der Waals surface area contributed by atoms with E-state index in [4.69, 9.17) is 4.42 Å². The third kappa shape index (κ3) is 5.51. The van der Waals surface area contributed by atoms with Gasteiger partial charge in [-0.2, -0.15) is 5.10 Å². The third-order valence-electron chi connectivity index (χ3n) is 4.93. The van der Waals surface area contributed by atoms with Crippen LogP contribution in [-0.4, -0.2) is 53.9 Å². The van der Waals surface area contributed by atoms with Crippen LogP contribution in [-0.2, 0) is 6.42 Å². The number of nitrogens with one attached hydrogen (secondary N) is 3. The Bertz CT molecular complexity index is 989. The first-order valence-corrected chi connectivity index (χ1v) is 9.75. The highest BCUT2D eigenvalue weighted by Gasteiger charge is 2.27. The predicted octanol–water partition coefficient (Wildman–Crippen LogP) is 2.95. The van der Waals surface area contributed by atoms with Crippen molar-refractivity contribution < 1.29 is 13.2 Å². The first-order valence-electron chi connectivity index (χ1n) is 9.75. The topological polar surface area (TPSA) is 94.4 Å². The van der Waals surface area contributed by atoms with Crippen molar-refractivity contribution in [2.75, 3.05) is 31.6 Å². The van der Waals surface area contributed by atoms with E-state index in [0.717, 1.165) is 12.2 Å². The van der Waals surface area contributed by atoms with Crippen molar-refractivity contribution in [2.24, 2.45) is 4.99 Å². The van der Waals surface area contributed by atoms with Gasteiger partial charge in [-0.1, -0.05) is 6.07 Å². The molecule has 11 heteroatoms. The zero-order valence-corrected chi connectivity index (χ0v) is 19.3. The number of hydrogen-bond donors (Lipinski definition) is 3. The molecule has 1 unspecified atom stereocenters. The van der Waals surface area contributed by atoms with Crippen LogP contribution in [0.2, 0.25) is 0 Å². The molecule has 166 valence electrons. The highest BCUT2D eigenvalue weighted by Crippen LogP contribution is 2.26. The van der Waals surface area contributed by atoms with Crippen molar-refractivity contribution in [1.29, 1.82) is 0 Å². The van der Waals surface area contributed by atoms with Gasteiger partial charge in [-0.3, -0.25) is 10.1 Å². The zero-order valence-electron chi connectivity index (χ0n) is 16.9. The molecular weight excluding hydrogens is 519 g/mol. The monoisotopic (exact) mass is 543 g/mol. The van der Waals surface area contributed by atoms with Gasteiger partial charge in [0.15, 0.2) is 11.7 Å². The lowest BCUT2D eigenvalue weighted by Gasteiger charge is -2.21. The molecule has 0 spiro atoms. The molecule has 0 amide bonds. The van der Waals surface area contributed by atoms with Gasteiger partial charge in [-0.05, 0) is 30.7 Å². The normalized spacial score (nSPS) is 16.3. The lowest BCUT2D eigenvalue weighted by Crippen LogP contribution is -2.45. The molecule has 31 heavy (non-hydrogen) atoms. The van der Waals surface area contributed by atoms with Gasteiger partial charge >= 0.3 is 0 Å². The van der Waals surface area contributed by atoms with E-state index in [2.05, 4.69) is 30.8 Å². The molecule has 3 heterocycles. The Morgan fingerprint density at radius 3 is 2.81 bits per heavy atom. The van der Waals surface area contributed by atoms with E-state index in [-0.39, 0.29) is 35.7 Å². The fourth-order valence-electron chi connectivity index (χ4n) is 3.48. The summed E-state index contributed by atoms with van der Waals surface area (Å²) in [7, 11) is 1.68. The van der Waals surface area contributed by atoms with Crippen molar-refractivity contribution >= 4 is 35.6 Å². The Balaban J connectivity index is 0.00000272. The second kappa shape index (κ2) is 10.6. The number of anilines is 1. The number of aromatic amines is 1. The number of aliphatic imine (C=N–C) groups is 1. The first kappa shape index (κ1) is 23.0. The minimum Gasteiger partial charge on any atom is -0.461 e. The molecular formula is C20H24F2IN7O. The zero-order chi connectivity index (χ0) is 20.9. The molecule has 0 radical (unpaired) electrons. The summed E-state index contributed by atoms with van der Waals surface area (Å²) in [5.41, 5.74) is 0.0300. The van der Waals surface area contributed by atoms with E-state index in [1.165, 1.54) is 18.2 Å². The Morgan fingerprint density at radius 2 is 2.10 bits per heavy atom. The van der Waals surface area contributed by atoms with E-state index >= 15 is 0 Å². The maximum Gasteiger partial charge on any atom is 0.216 e. The summed E-state index contributed by atoms with van der Waals surface area (Å²) in [6.45, 7) is 1.65. The van der Waals surface area contributed by atoms with Crippen LogP contribution >= 0.6 is 24.0 Å². The third-order valence-corrected chi connectivity index (χ3v) is 4.93. The molecule has 8 nitrogen and oxygen atoms in total. The van der Waals surface area contributed by atoms with Crippen LogP contribution < -0.4 is 15.5 Å². The highest BCUT2D eigenvalue weighted by molar-refractivity contribution is 14.0. The van der Waals surface area contributed by atoms with Gasteiger partial charge in [0.2, 0.25) is 5.82 Å². The summed E-state index contributed by atoms with van der Waals surface area (Å²) < 4.78 is 33.3. The molecule has 2 aromatic heterocycles. The summed E-state index contributed by atoms with van der Waals surface area (Å²) in [6.07, 6.45) is 2.95. The van der Waals surface area contributed by atoms with Crippen molar-refractivity contribution in [3.05, 3.63) is 54.1 Å². The summed E-state index contributed by atoms with van der Waals surface area (Å²) in [6, 6.07) is 7.55. The fourth-order valence-corrected chi connectivity index (χ4v) is 3.48. The minimum atomic E-state index is -0.542. The van der Waals surface area contributed by atoms with E-state index < -0.39 is 11.6 Å². The number of hydrogen-bond acceptors (Lipinski definition) is 5. The van der Waals surface area contributed by atoms with Crippen LogP contribution in [0.3, 0.4) is 0 Å².